The highest BCUT2D eigenvalue weighted by atomic mass is 16.2. The van der Waals surface area contributed by atoms with Crippen LogP contribution in [0.5, 0.6) is 0 Å². The minimum Gasteiger partial charge on any atom is -0.342 e. The lowest BCUT2D eigenvalue weighted by atomic mass is 10.1. The number of nitrogens with zero attached hydrogens (tertiary/aromatic N) is 1. The molecule has 1 heterocycles. The van der Waals surface area contributed by atoms with Crippen molar-refractivity contribution in [2.75, 3.05) is 13.1 Å². The number of ketones is 1. The van der Waals surface area contributed by atoms with Crippen LogP contribution in [0.25, 0.3) is 0 Å². The van der Waals surface area contributed by atoms with Crippen molar-refractivity contribution in [3.63, 3.8) is 0 Å². The smallest absolute Gasteiger partial charge is 0.230 e. The largest absolute Gasteiger partial charge is 0.342 e. The molecular weight excluding hydrogens is 190 g/mol. The first-order valence-corrected chi connectivity index (χ1v) is 6.03. The molecule has 3 nitrogen and oxygen atoms in total. The first kappa shape index (κ1) is 14.1. The average molecular weight is 213 g/mol. The van der Waals surface area contributed by atoms with Gasteiger partial charge in [0.15, 0.2) is 0 Å². The lowest BCUT2D eigenvalue weighted by molar-refractivity contribution is -0.136. The Morgan fingerprint density at radius 2 is 1.60 bits per heavy atom. The summed E-state index contributed by atoms with van der Waals surface area (Å²) in [5, 5.41) is 0. The van der Waals surface area contributed by atoms with Gasteiger partial charge in [0.05, 0.1) is 6.42 Å². The van der Waals surface area contributed by atoms with E-state index < -0.39 is 0 Å². The van der Waals surface area contributed by atoms with Gasteiger partial charge >= 0.3 is 0 Å². The highest BCUT2D eigenvalue weighted by molar-refractivity contribution is 5.97. The SMILES string of the molecule is CC.CCC(=O)CC(=O)N1CCCCC1. The van der Waals surface area contributed by atoms with Gasteiger partial charge in [-0.25, -0.2) is 0 Å². The Bertz CT molecular complexity index is 196. The van der Waals surface area contributed by atoms with Crippen molar-refractivity contribution in [1.82, 2.24) is 4.90 Å². The van der Waals surface area contributed by atoms with Gasteiger partial charge in [-0.2, -0.15) is 0 Å². The first-order chi connectivity index (χ1) is 7.24. The third kappa shape index (κ3) is 5.55. The van der Waals surface area contributed by atoms with E-state index in [-0.39, 0.29) is 18.1 Å². The summed E-state index contributed by atoms with van der Waals surface area (Å²) >= 11 is 0. The molecule has 1 aliphatic rings. The van der Waals surface area contributed by atoms with Crippen LogP contribution in [-0.2, 0) is 9.59 Å². The summed E-state index contributed by atoms with van der Waals surface area (Å²) < 4.78 is 0. The molecule has 0 aromatic carbocycles. The third-order valence-electron chi connectivity index (χ3n) is 2.45. The number of likely N-dealkylation sites (tertiary alicyclic amines) is 1. The third-order valence-corrected chi connectivity index (χ3v) is 2.45. The van der Waals surface area contributed by atoms with Gasteiger partial charge in [-0.15, -0.1) is 0 Å². The first-order valence-electron chi connectivity index (χ1n) is 6.03. The number of amides is 1. The fraction of sp³-hybridized carbons (Fsp3) is 0.833. The number of rotatable bonds is 3. The zero-order valence-electron chi connectivity index (χ0n) is 10.2. The fourth-order valence-electron chi connectivity index (χ4n) is 1.55. The van der Waals surface area contributed by atoms with E-state index in [1.807, 2.05) is 18.7 Å². The van der Waals surface area contributed by atoms with E-state index in [9.17, 15) is 9.59 Å². The molecule has 0 aromatic heterocycles. The quantitative estimate of drug-likeness (QED) is 0.675. The second-order valence-corrected chi connectivity index (χ2v) is 3.51. The predicted molar refractivity (Wildman–Crippen MR) is 61.7 cm³/mol. The molecule has 0 aromatic rings. The topological polar surface area (TPSA) is 37.4 Å². The van der Waals surface area contributed by atoms with Crippen LogP contribution in [0, 0.1) is 0 Å². The summed E-state index contributed by atoms with van der Waals surface area (Å²) in [4.78, 5) is 24.3. The summed E-state index contributed by atoms with van der Waals surface area (Å²) in [7, 11) is 0. The van der Waals surface area contributed by atoms with Crippen molar-refractivity contribution in [2.24, 2.45) is 0 Å². The van der Waals surface area contributed by atoms with Crippen LogP contribution in [0.1, 0.15) is 52.9 Å². The number of carbonyl (C=O) groups excluding carboxylic acids is 2. The number of piperidine rings is 1. The van der Waals surface area contributed by atoms with E-state index >= 15 is 0 Å². The number of hydrogen-bond acceptors (Lipinski definition) is 2. The van der Waals surface area contributed by atoms with E-state index in [1.54, 1.807) is 6.92 Å². The Hall–Kier alpha value is -0.860. The van der Waals surface area contributed by atoms with Gasteiger partial charge in [-0.1, -0.05) is 20.8 Å². The molecule has 3 heteroatoms. The van der Waals surface area contributed by atoms with Gasteiger partial charge in [-0.3, -0.25) is 9.59 Å². The van der Waals surface area contributed by atoms with Crippen molar-refractivity contribution < 1.29 is 9.59 Å². The molecule has 0 unspecified atom stereocenters. The molecule has 0 saturated carbocycles. The normalized spacial score (nSPS) is 15.3. The molecule has 15 heavy (non-hydrogen) atoms. The lowest BCUT2D eigenvalue weighted by Gasteiger charge is -2.26. The fourth-order valence-corrected chi connectivity index (χ4v) is 1.55. The molecule has 1 aliphatic heterocycles. The highest BCUT2D eigenvalue weighted by Gasteiger charge is 2.17. The Morgan fingerprint density at radius 1 is 1.07 bits per heavy atom. The Morgan fingerprint density at radius 3 is 2.07 bits per heavy atom. The summed E-state index contributed by atoms with van der Waals surface area (Å²) in [5.41, 5.74) is 0. The molecule has 0 spiro atoms. The summed E-state index contributed by atoms with van der Waals surface area (Å²) in [6.07, 6.45) is 3.97. The summed E-state index contributed by atoms with van der Waals surface area (Å²) in [6, 6.07) is 0. The molecule has 0 N–H and O–H groups in total. The van der Waals surface area contributed by atoms with Gasteiger partial charge < -0.3 is 4.90 Å². The molecule has 1 rings (SSSR count). The molecule has 0 atom stereocenters. The van der Waals surface area contributed by atoms with Crippen LogP contribution in [-0.4, -0.2) is 29.7 Å². The van der Waals surface area contributed by atoms with Gasteiger partial charge in [0.1, 0.15) is 5.78 Å². The van der Waals surface area contributed by atoms with Crippen LogP contribution in [0.3, 0.4) is 0 Å². The lowest BCUT2D eigenvalue weighted by Crippen LogP contribution is -2.36. The predicted octanol–water partition coefficient (Wildman–Crippen LogP) is 2.39. The van der Waals surface area contributed by atoms with E-state index in [0.717, 1.165) is 25.9 Å². The second-order valence-electron chi connectivity index (χ2n) is 3.51. The zero-order valence-corrected chi connectivity index (χ0v) is 10.2. The molecular formula is C12H23NO2. The number of hydrogen-bond donors (Lipinski definition) is 0. The van der Waals surface area contributed by atoms with Crippen molar-refractivity contribution in [1.29, 1.82) is 0 Å². The van der Waals surface area contributed by atoms with Gasteiger partial charge in [0.25, 0.3) is 0 Å². The number of Topliss-reactive ketones (excluding diaryl/α,β-unsaturated/α-hetero) is 1. The monoisotopic (exact) mass is 213 g/mol. The van der Waals surface area contributed by atoms with Crippen molar-refractivity contribution in [3.05, 3.63) is 0 Å². The minimum atomic E-state index is 0.0200. The summed E-state index contributed by atoms with van der Waals surface area (Å²) in [6.45, 7) is 7.48. The van der Waals surface area contributed by atoms with Gasteiger partial charge in [0, 0.05) is 19.5 Å². The highest BCUT2D eigenvalue weighted by Crippen LogP contribution is 2.10. The van der Waals surface area contributed by atoms with Crippen molar-refractivity contribution >= 4 is 11.7 Å². The molecule has 0 radical (unpaired) electrons. The number of carbonyl (C=O) groups is 2. The van der Waals surface area contributed by atoms with Gasteiger partial charge in [0.2, 0.25) is 5.91 Å². The van der Waals surface area contributed by atoms with Crippen molar-refractivity contribution in [2.45, 2.75) is 52.9 Å². The average Bonchev–Trinajstić information content (AvgIpc) is 2.32. The molecule has 0 bridgehead atoms. The molecule has 0 aliphatic carbocycles. The van der Waals surface area contributed by atoms with E-state index in [1.165, 1.54) is 6.42 Å². The van der Waals surface area contributed by atoms with Crippen LogP contribution in [0.4, 0.5) is 0 Å². The molecule has 88 valence electrons. The Balaban J connectivity index is 0.000000921. The van der Waals surface area contributed by atoms with E-state index in [4.69, 9.17) is 0 Å². The van der Waals surface area contributed by atoms with E-state index in [2.05, 4.69) is 0 Å². The van der Waals surface area contributed by atoms with Crippen molar-refractivity contribution in [3.8, 4) is 0 Å². The van der Waals surface area contributed by atoms with Crippen LogP contribution in [0.2, 0.25) is 0 Å². The summed E-state index contributed by atoms with van der Waals surface area (Å²) in [5.74, 6) is 0.0714. The standard InChI is InChI=1S/C10H17NO2.C2H6/c1-2-9(12)8-10(13)11-6-4-3-5-7-11;1-2/h2-8H2,1H3;1-2H3. The van der Waals surface area contributed by atoms with Crippen LogP contribution >= 0.6 is 0 Å². The maximum absolute atomic E-state index is 11.5. The molecule has 1 fully saturated rings. The maximum Gasteiger partial charge on any atom is 0.230 e. The molecule has 1 saturated heterocycles. The van der Waals surface area contributed by atoms with Crippen LogP contribution in [0.15, 0.2) is 0 Å². The second kappa shape index (κ2) is 8.45. The Kier molecular flexibility index (Phi) is 7.96. The molecule has 1 amide bonds. The van der Waals surface area contributed by atoms with Crippen LogP contribution < -0.4 is 0 Å². The Labute approximate surface area is 92.8 Å². The van der Waals surface area contributed by atoms with Gasteiger partial charge in [-0.05, 0) is 19.3 Å². The van der Waals surface area contributed by atoms with E-state index in [0.29, 0.717) is 6.42 Å². The maximum atomic E-state index is 11.5. The minimum absolute atomic E-state index is 0.0200. The zero-order chi connectivity index (χ0) is 11.7.